The third-order valence-corrected chi connectivity index (χ3v) is 5.61. The third kappa shape index (κ3) is 3.13. The van der Waals surface area contributed by atoms with Crippen LogP contribution in [0, 0.1) is 5.82 Å². The van der Waals surface area contributed by atoms with Gasteiger partial charge in [-0.2, -0.15) is 0 Å². The number of carbonyl (C=O) groups excluding carboxylic acids is 2. The first kappa shape index (κ1) is 17.4. The van der Waals surface area contributed by atoms with Crippen LogP contribution >= 0.6 is 11.3 Å². The van der Waals surface area contributed by atoms with Gasteiger partial charge in [-0.15, -0.1) is 11.3 Å². The van der Waals surface area contributed by atoms with E-state index in [1.54, 1.807) is 6.92 Å². The lowest BCUT2D eigenvalue weighted by Gasteiger charge is -2.08. The molecule has 27 heavy (non-hydrogen) atoms. The van der Waals surface area contributed by atoms with Gasteiger partial charge in [-0.25, -0.2) is 9.18 Å². The van der Waals surface area contributed by atoms with Gasteiger partial charge in [0.2, 0.25) is 0 Å². The Balaban J connectivity index is 1.75. The lowest BCUT2D eigenvalue weighted by molar-refractivity contribution is 0.0527. The Morgan fingerprint density at radius 3 is 2.78 bits per heavy atom. The van der Waals surface area contributed by atoms with Gasteiger partial charge in [-0.1, -0.05) is 30.3 Å². The summed E-state index contributed by atoms with van der Waals surface area (Å²) in [5.74, 6) is -1.42. The first-order valence-corrected chi connectivity index (χ1v) is 9.38. The SMILES string of the molecule is CCOC(=O)c1c(NC(=O)c2cccc(F)c2)sc2c1Cc1ccccc1-2. The number of halogens is 1. The Hall–Kier alpha value is -2.99. The second-order valence-corrected chi connectivity index (χ2v) is 7.15. The highest BCUT2D eigenvalue weighted by Gasteiger charge is 2.31. The van der Waals surface area contributed by atoms with Crippen molar-refractivity contribution in [2.75, 3.05) is 11.9 Å². The molecule has 1 aliphatic rings. The van der Waals surface area contributed by atoms with Gasteiger partial charge in [0.05, 0.1) is 12.2 Å². The number of ether oxygens (including phenoxy) is 1. The van der Waals surface area contributed by atoms with E-state index in [0.29, 0.717) is 17.0 Å². The molecular weight excluding hydrogens is 365 g/mol. The number of hydrogen-bond donors (Lipinski definition) is 1. The number of nitrogens with one attached hydrogen (secondary N) is 1. The summed E-state index contributed by atoms with van der Waals surface area (Å²) in [4.78, 5) is 26.1. The van der Waals surface area contributed by atoms with Crippen LogP contribution in [0.2, 0.25) is 0 Å². The van der Waals surface area contributed by atoms with Crippen molar-refractivity contribution < 1.29 is 18.7 Å². The molecule has 4 rings (SSSR count). The Bertz CT molecular complexity index is 1060. The number of carbonyl (C=O) groups is 2. The topological polar surface area (TPSA) is 55.4 Å². The summed E-state index contributed by atoms with van der Waals surface area (Å²) in [6.07, 6.45) is 0.617. The second kappa shape index (κ2) is 6.96. The summed E-state index contributed by atoms with van der Waals surface area (Å²) in [6, 6.07) is 13.4. The molecule has 1 aliphatic carbocycles. The average Bonchev–Trinajstić information content (AvgIpc) is 3.17. The number of amides is 1. The molecule has 136 valence electrons. The molecule has 0 unspecified atom stereocenters. The van der Waals surface area contributed by atoms with E-state index in [1.807, 2.05) is 24.3 Å². The standard InChI is InChI=1S/C21H16FNO3S/c1-2-26-21(25)17-16-11-12-6-3-4-9-15(12)18(16)27-20(17)23-19(24)13-7-5-8-14(22)10-13/h3-10H,2,11H2,1H3,(H,23,24). The molecule has 3 aromatic rings. The number of esters is 1. The molecule has 1 aromatic heterocycles. The number of thiophene rings is 1. The summed E-state index contributed by atoms with van der Waals surface area (Å²) in [5, 5.41) is 3.20. The molecule has 0 radical (unpaired) electrons. The average molecular weight is 381 g/mol. The van der Waals surface area contributed by atoms with Gasteiger partial charge in [0.1, 0.15) is 10.8 Å². The maximum absolute atomic E-state index is 13.4. The lowest BCUT2D eigenvalue weighted by atomic mass is 10.1. The van der Waals surface area contributed by atoms with Crippen molar-refractivity contribution in [2.45, 2.75) is 13.3 Å². The van der Waals surface area contributed by atoms with E-state index in [1.165, 1.54) is 29.5 Å². The zero-order chi connectivity index (χ0) is 19.0. The molecular formula is C21H16FNO3S. The van der Waals surface area contributed by atoms with Gasteiger partial charge in [-0.3, -0.25) is 4.79 Å². The van der Waals surface area contributed by atoms with Crippen LogP contribution in [0.15, 0.2) is 48.5 Å². The summed E-state index contributed by atoms with van der Waals surface area (Å²) in [7, 11) is 0. The number of hydrogen-bond acceptors (Lipinski definition) is 4. The second-order valence-electron chi connectivity index (χ2n) is 6.13. The van der Waals surface area contributed by atoms with Crippen molar-refractivity contribution in [3.8, 4) is 10.4 Å². The van der Waals surface area contributed by atoms with Crippen LogP contribution in [0.25, 0.3) is 10.4 Å². The highest BCUT2D eigenvalue weighted by atomic mass is 32.1. The minimum Gasteiger partial charge on any atom is -0.462 e. The van der Waals surface area contributed by atoms with Gasteiger partial charge in [-0.05, 0) is 41.8 Å². The minimum atomic E-state index is -0.490. The highest BCUT2D eigenvalue weighted by molar-refractivity contribution is 7.20. The van der Waals surface area contributed by atoms with Gasteiger partial charge in [0.15, 0.2) is 0 Å². The van der Waals surface area contributed by atoms with Crippen LogP contribution in [-0.2, 0) is 11.2 Å². The summed E-state index contributed by atoms with van der Waals surface area (Å²) in [6.45, 7) is 1.98. The number of anilines is 1. The molecule has 6 heteroatoms. The molecule has 0 atom stereocenters. The first-order valence-electron chi connectivity index (χ1n) is 8.56. The normalized spacial score (nSPS) is 11.6. The quantitative estimate of drug-likeness (QED) is 0.512. The molecule has 0 saturated heterocycles. The Labute approximate surface area is 159 Å². The van der Waals surface area contributed by atoms with Crippen molar-refractivity contribution in [3.05, 3.63) is 76.6 Å². The lowest BCUT2D eigenvalue weighted by Crippen LogP contribution is -2.15. The van der Waals surface area contributed by atoms with E-state index < -0.39 is 17.7 Å². The summed E-state index contributed by atoms with van der Waals surface area (Å²) in [5.41, 5.74) is 3.66. The van der Waals surface area contributed by atoms with E-state index in [0.717, 1.165) is 27.6 Å². The Morgan fingerprint density at radius 2 is 2.00 bits per heavy atom. The Kier molecular flexibility index (Phi) is 4.49. The maximum atomic E-state index is 13.4. The molecule has 0 saturated carbocycles. The Morgan fingerprint density at radius 1 is 1.19 bits per heavy atom. The predicted octanol–water partition coefficient (Wildman–Crippen LogP) is 4.89. The predicted molar refractivity (Wildman–Crippen MR) is 103 cm³/mol. The third-order valence-electron chi connectivity index (χ3n) is 4.43. The van der Waals surface area contributed by atoms with E-state index >= 15 is 0 Å². The minimum absolute atomic E-state index is 0.193. The number of fused-ring (bicyclic) bond motifs is 3. The largest absolute Gasteiger partial charge is 0.462 e. The maximum Gasteiger partial charge on any atom is 0.341 e. The van der Waals surface area contributed by atoms with Gasteiger partial charge in [0, 0.05) is 16.9 Å². The molecule has 0 fully saturated rings. The van der Waals surface area contributed by atoms with Crippen LogP contribution in [0.5, 0.6) is 0 Å². The number of rotatable bonds is 4. The fourth-order valence-electron chi connectivity index (χ4n) is 3.25. The van der Waals surface area contributed by atoms with Crippen molar-refractivity contribution in [2.24, 2.45) is 0 Å². The molecule has 4 nitrogen and oxygen atoms in total. The van der Waals surface area contributed by atoms with Crippen LogP contribution in [0.3, 0.4) is 0 Å². The van der Waals surface area contributed by atoms with Crippen molar-refractivity contribution >= 4 is 28.2 Å². The zero-order valence-electron chi connectivity index (χ0n) is 14.5. The summed E-state index contributed by atoms with van der Waals surface area (Å²) < 4.78 is 18.6. The monoisotopic (exact) mass is 381 g/mol. The van der Waals surface area contributed by atoms with Crippen molar-refractivity contribution in [1.82, 2.24) is 0 Å². The van der Waals surface area contributed by atoms with E-state index in [9.17, 15) is 14.0 Å². The van der Waals surface area contributed by atoms with Gasteiger partial charge >= 0.3 is 5.97 Å². The molecule has 0 spiro atoms. The molecule has 1 heterocycles. The molecule has 0 bridgehead atoms. The highest BCUT2D eigenvalue weighted by Crippen LogP contribution is 2.47. The zero-order valence-corrected chi connectivity index (χ0v) is 15.4. The molecule has 1 amide bonds. The van der Waals surface area contributed by atoms with Crippen LogP contribution in [-0.4, -0.2) is 18.5 Å². The van der Waals surface area contributed by atoms with Gasteiger partial charge in [0.25, 0.3) is 5.91 Å². The van der Waals surface area contributed by atoms with Crippen molar-refractivity contribution in [3.63, 3.8) is 0 Å². The van der Waals surface area contributed by atoms with E-state index in [2.05, 4.69) is 5.32 Å². The van der Waals surface area contributed by atoms with Crippen LogP contribution in [0.4, 0.5) is 9.39 Å². The number of benzene rings is 2. The van der Waals surface area contributed by atoms with Crippen molar-refractivity contribution in [1.29, 1.82) is 0 Å². The molecule has 0 aliphatic heterocycles. The fourth-order valence-corrected chi connectivity index (χ4v) is 4.51. The van der Waals surface area contributed by atoms with E-state index in [-0.39, 0.29) is 12.2 Å². The molecule has 2 aromatic carbocycles. The molecule has 1 N–H and O–H groups in total. The smallest absolute Gasteiger partial charge is 0.341 e. The summed E-state index contributed by atoms with van der Waals surface area (Å²) >= 11 is 1.35. The van der Waals surface area contributed by atoms with E-state index in [4.69, 9.17) is 4.74 Å². The fraction of sp³-hybridized carbons (Fsp3) is 0.143. The van der Waals surface area contributed by atoms with Gasteiger partial charge < -0.3 is 10.1 Å². The first-order chi connectivity index (χ1) is 13.1. The van der Waals surface area contributed by atoms with Crippen LogP contribution in [0.1, 0.15) is 38.8 Å². The van der Waals surface area contributed by atoms with Crippen LogP contribution < -0.4 is 5.32 Å².